The van der Waals surface area contributed by atoms with Gasteiger partial charge in [0.2, 0.25) is 5.91 Å². The molecule has 1 aliphatic heterocycles. The summed E-state index contributed by atoms with van der Waals surface area (Å²) in [6.45, 7) is 3.32. The molecule has 0 radical (unpaired) electrons. The minimum atomic E-state index is -4.45. The van der Waals surface area contributed by atoms with Gasteiger partial charge in [-0.1, -0.05) is 59.6 Å². The Morgan fingerprint density at radius 2 is 1.74 bits per heavy atom. The highest BCUT2D eigenvalue weighted by Gasteiger charge is 2.33. The zero-order valence-corrected chi connectivity index (χ0v) is 20.0. The second-order valence-electron chi connectivity index (χ2n) is 8.43. The van der Waals surface area contributed by atoms with E-state index in [-0.39, 0.29) is 18.4 Å². The predicted octanol–water partition coefficient (Wildman–Crippen LogP) is 6.95. The molecule has 34 heavy (non-hydrogen) atoms. The van der Waals surface area contributed by atoms with Gasteiger partial charge in [-0.25, -0.2) is 0 Å². The van der Waals surface area contributed by atoms with Crippen molar-refractivity contribution in [1.29, 1.82) is 0 Å². The third-order valence-electron chi connectivity index (χ3n) is 6.01. The van der Waals surface area contributed by atoms with E-state index >= 15 is 0 Å². The Kier molecular flexibility index (Phi) is 7.10. The van der Waals surface area contributed by atoms with E-state index in [1.54, 1.807) is 23.1 Å². The van der Waals surface area contributed by atoms with E-state index in [1.165, 1.54) is 6.07 Å². The van der Waals surface area contributed by atoms with Gasteiger partial charge in [-0.2, -0.15) is 13.2 Å². The van der Waals surface area contributed by atoms with E-state index < -0.39 is 11.7 Å². The summed E-state index contributed by atoms with van der Waals surface area (Å²) in [6, 6.07) is 18.1. The lowest BCUT2D eigenvalue weighted by atomic mass is 10.00. The number of anilines is 1. The maximum atomic E-state index is 13.1. The third kappa shape index (κ3) is 5.50. The molecule has 1 atom stereocenters. The number of carbonyl (C=O) groups excluding carboxylic acids is 1. The van der Waals surface area contributed by atoms with Crippen molar-refractivity contribution in [2.75, 3.05) is 24.5 Å². The van der Waals surface area contributed by atoms with Gasteiger partial charge in [0.15, 0.2) is 0 Å². The molecule has 3 nitrogen and oxygen atoms in total. The predicted molar refractivity (Wildman–Crippen MR) is 129 cm³/mol. The second-order valence-corrected chi connectivity index (χ2v) is 9.27. The molecule has 3 aromatic rings. The molecule has 1 amide bonds. The monoisotopic (exact) mass is 506 g/mol. The van der Waals surface area contributed by atoms with Crippen LogP contribution in [-0.4, -0.2) is 30.4 Å². The van der Waals surface area contributed by atoms with Gasteiger partial charge >= 0.3 is 6.18 Å². The Hall–Kier alpha value is -2.70. The molecule has 1 fully saturated rings. The highest BCUT2D eigenvalue weighted by Crippen LogP contribution is 2.36. The van der Waals surface area contributed by atoms with E-state index in [9.17, 15) is 18.0 Å². The van der Waals surface area contributed by atoms with E-state index in [0.717, 1.165) is 28.9 Å². The summed E-state index contributed by atoms with van der Waals surface area (Å²) in [5.41, 5.74) is 2.48. The van der Waals surface area contributed by atoms with Crippen molar-refractivity contribution in [3.8, 4) is 0 Å². The second kappa shape index (κ2) is 9.88. The fourth-order valence-corrected chi connectivity index (χ4v) is 4.73. The molecule has 1 unspecified atom stereocenters. The lowest BCUT2D eigenvalue weighted by Crippen LogP contribution is -2.51. The van der Waals surface area contributed by atoms with Crippen LogP contribution in [-0.2, 0) is 17.4 Å². The zero-order chi connectivity index (χ0) is 24.5. The van der Waals surface area contributed by atoms with Gasteiger partial charge < -0.3 is 9.80 Å². The van der Waals surface area contributed by atoms with Crippen molar-refractivity contribution in [3.63, 3.8) is 0 Å². The molecule has 178 valence electrons. The van der Waals surface area contributed by atoms with Crippen molar-refractivity contribution in [3.05, 3.63) is 99.0 Å². The molecule has 4 rings (SSSR count). The third-order valence-corrected chi connectivity index (χ3v) is 6.56. The van der Waals surface area contributed by atoms with Gasteiger partial charge in [-0.3, -0.25) is 4.79 Å². The van der Waals surface area contributed by atoms with Crippen molar-refractivity contribution >= 4 is 34.8 Å². The fourth-order valence-electron chi connectivity index (χ4n) is 4.26. The lowest BCUT2D eigenvalue weighted by molar-refractivity contribution is -0.138. The molecular formula is C26H23Cl2F3N2O. The summed E-state index contributed by atoms with van der Waals surface area (Å²) in [5, 5.41) is 1.24. The van der Waals surface area contributed by atoms with E-state index in [2.05, 4.69) is 4.90 Å². The number of rotatable bonds is 4. The number of hydrogen-bond donors (Lipinski definition) is 0. The van der Waals surface area contributed by atoms with Crippen molar-refractivity contribution in [1.82, 2.24) is 4.90 Å². The van der Waals surface area contributed by atoms with Crippen LogP contribution in [0.4, 0.5) is 18.9 Å². The van der Waals surface area contributed by atoms with Crippen LogP contribution < -0.4 is 4.90 Å². The maximum absolute atomic E-state index is 13.1. The van der Waals surface area contributed by atoms with Gasteiger partial charge in [0.1, 0.15) is 0 Å². The minimum absolute atomic E-state index is 0.0947. The number of piperazine rings is 1. The first-order chi connectivity index (χ1) is 16.1. The van der Waals surface area contributed by atoms with Crippen molar-refractivity contribution in [2.24, 2.45) is 0 Å². The highest BCUT2D eigenvalue weighted by molar-refractivity contribution is 6.33. The van der Waals surface area contributed by atoms with Crippen LogP contribution in [0.3, 0.4) is 0 Å². The Balaban J connectivity index is 1.58. The topological polar surface area (TPSA) is 23.6 Å². The SMILES string of the molecule is Cc1ccc(N2CCN(C(=O)Cc3cccc(C(F)(F)F)c3)CC2c2ccc(Cl)cc2)c(Cl)c1. The van der Waals surface area contributed by atoms with Crippen LogP contribution in [0, 0.1) is 6.92 Å². The van der Waals surface area contributed by atoms with Crippen LogP contribution >= 0.6 is 23.2 Å². The molecule has 0 N–H and O–H groups in total. The Labute approximate surface area is 206 Å². The number of amides is 1. The average Bonchev–Trinajstić information content (AvgIpc) is 2.79. The van der Waals surface area contributed by atoms with Gasteiger partial charge in [-0.05, 0) is 53.9 Å². The molecule has 1 aliphatic rings. The number of hydrogen-bond acceptors (Lipinski definition) is 2. The zero-order valence-electron chi connectivity index (χ0n) is 18.4. The Morgan fingerprint density at radius 1 is 1.00 bits per heavy atom. The molecule has 8 heteroatoms. The van der Waals surface area contributed by atoms with Crippen LogP contribution in [0.5, 0.6) is 0 Å². The minimum Gasteiger partial charge on any atom is -0.360 e. The number of nitrogens with zero attached hydrogens (tertiary/aromatic N) is 2. The van der Waals surface area contributed by atoms with E-state index in [4.69, 9.17) is 23.2 Å². The van der Waals surface area contributed by atoms with Gasteiger partial charge in [0.05, 0.1) is 28.7 Å². The summed E-state index contributed by atoms with van der Waals surface area (Å²) < 4.78 is 39.2. The molecule has 3 aromatic carbocycles. The van der Waals surface area contributed by atoms with Crippen LogP contribution in [0.25, 0.3) is 0 Å². The first-order valence-electron chi connectivity index (χ1n) is 10.8. The first kappa shape index (κ1) is 24.4. The molecule has 0 aromatic heterocycles. The number of aryl methyl sites for hydroxylation is 1. The molecule has 0 bridgehead atoms. The van der Waals surface area contributed by atoms with Crippen molar-refractivity contribution in [2.45, 2.75) is 25.6 Å². The molecule has 1 saturated heterocycles. The molecule has 0 aliphatic carbocycles. The average molecular weight is 507 g/mol. The number of halogens is 5. The summed E-state index contributed by atoms with van der Waals surface area (Å²) in [5.74, 6) is -0.215. The standard InChI is InChI=1S/C26H23Cl2F3N2O/c1-17-5-10-23(22(28)13-17)33-12-11-32(16-24(33)19-6-8-21(27)9-7-19)25(34)15-18-3-2-4-20(14-18)26(29,30)31/h2-10,13-14,24H,11-12,15-16H2,1H3. The Morgan fingerprint density at radius 3 is 2.41 bits per heavy atom. The first-order valence-corrected chi connectivity index (χ1v) is 11.6. The van der Waals surface area contributed by atoms with Gasteiger partial charge in [-0.15, -0.1) is 0 Å². The van der Waals surface area contributed by atoms with Crippen molar-refractivity contribution < 1.29 is 18.0 Å². The normalized spacial score (nSPS) is 16.6. The number of alkyl halides is 3. The smallest absolute Gasteiger partial charge is 0.360 e. The molecule has 1 heterocycles. The highest BCUT2D eigenvalue weighted by atomic mass is 35.5. The van der Waals surface area contributed by atoms with E-state index in [0.29, 0.717) is 35.2 Å². The van der Waals surface area contributed by atoms with Gasteiger partial charge in [0.25, 0.3) is 0 Å². The van der Waals surface area contributed by atoms with Gasteiger partial charge in [0, 0.05) is 24.7 Å². The summed E-state index contributed by atoms with van der Waals surface area (Å²) in [6.07, 6.45) is -4.54. The number of carbonyl (C=O) groups is 1. The number of benzene rings is 3. The van der Waals surface area contributed by atoms with Crippen LogP contribution in [0.2, 0.25) is 10.0 Å². The molecular weight excluding hydrogens is 484 g/mol. The van der Waals surface area contributed by atoms with Crippen LogP contribution in [0.15, 0.2) is 66.7 Å². The summed E-state index contributed by atoms with van der Waals surface area (Å²) in [7, 11) is 0. The van der Waals surface area contributed by atoms with E-state index in [1.807, 2.05) is 37.3 Å². The summed E-state index contributed by atoms with van der Waals surface area (Å²) >= 11 is 12.6. The lowest BCUT2D eigenvalue weighted by Gasteiger charge is -2.43. The molecule has 0 spiro atoms. The van der Waals surface area contributed by atoms with Crippen LogP contribution in [0.1, 0.15) is 28.3 Å². The fraction of sp³-hybridized carbons (Fsp3) is 0.269. The quantitative estimate of drug-likeness (QED) is 0.382. The largest absolute Gasteiger partial charge is 0.416 e. The maximum Gasteiger partial charge on any atom is 0.416 e. The Bertz CT molecular complexity index is 1180. The summed E-state index contributed by atoms with van der Waals surface area (Å²) in [4.78, 5) is 17.0. The molecule has 0 saturated carbocycles.